The van der Waals surface area contributed by atoms with Gasteiger partial charge in [0.25, 0.3) is 0 Å². The molecule has 0 spiro atoms. The van der Waals surface area contributed by atoms with Crippen LogP contribution in [0.15, 0.2) is 28.7 Å². The predicted molar refractivity (Wildman–Crippen MR) is 58.4 cm³/mol. The van der Waals surface area contributed by atoms with Gasteiger partial charge in [0, 0.05) is 5.39 Å². The Bertz CT molecular complexity index is 445. The highest BCUT2D eigenvalue weighted by Crippen LogP contribution is 2.24. The monoisotopic (exact) mass is 189 g/mol. The molecule has 1 heterocycles. The molecule has 0 aliphatic carbocycles. The smallest absolute Gasteiger partial charge is 0.134 e. The summed E-state index contributed by atoms with van der Waals surface area (Å²) in [6, 6.07) is 8.63. The van der Waals surface area contributed by atoms with Crippen molar-refractivity contribution < 1.29 is 4.42 Å². The van der Waals surface area contributed by atoms with Crippen LogP contribution in [0.25, 0.3) is 11.0 Å². The van der Waals surface area contributed by atoms with Gasteiger partial charge in [0.05, 0.1) is 6.04 Å². The molecular formula is C12H15NO. The molecule has 0 saturated carbocycles. The van der Waals surface area contributed by atoms with Crippen molar-refractivity contribution in [2.24, 2.45) is 0 Å². The molecule has 0 aliphatic heterocycles. The minimum atomic E-state index is 0.266. The topological polar surface area (TPSA) is 25.2 Å². The Hall–Kier alpha value is -1.28. The van der Waals surface area contributed by atoms with Crippen molar-refractivity contribution in [2.75, 3.05) is 7.05 Å². The Morgan fingerprint density at radius 3 is 2.79 bits per heavy atom. The van der Waals surface area contributed by atoms with E-state index in [2.05, 4.69) is 43.4 Å². The van der Waals surface area contributed by atoms with Crippen LogP contribution in [0.5, 0.6) is 0 Å². The predicted octanol–water partition coefficient (Wildman–Crippen LogP) is 3.02. The molecule has 14 heavy (non-hydrogen) atoms. The molecule has 0 radical (unpaired) electrons. The molecule has 1 aromatic carbocycles. The van der Waals surface area contributed by atoms with Crippen molar-refractivity contribution >= 4 is 11.0 Å². The van der Waals surface area contributed by atoms with E-state index in [4.69, 9.17) is 4.42 Å². The largest absolute Gasteiger partial charge is 0.459 e. The van der Waals surface area contributed by atoms with Crippen LogP contribution in [-0.2, 0) is 0 Å². The first-order chi connectivity index (χ1) is 6.70. The maximum absolute atomic E-state index is 5.74. The lowest BCUT2D eigenvalue weighted by molar-refractivity contribution is 0.475. The van der Waals surface area contributed by atoms with Gasteiger partial charge in [0.1, 0.15) is 11.3 Å². The minimum Gasteiger partial charge on any atom is -0.459 e. The standard InChI is InChI=1S/C12H15NO/c1-8-4-5-10-7-11(9(2)13-3)14-12(10)6-8/h4-7,9,13H,1-3H3. The van der Waals surface area contributed by atoms with E-state index in [1.807, 2.05) is 7.05 Å². The summed E-state index contributed by atoms with van der Waals surface area (Å²) in [4.78, 5) is 0. The molecule has 1 unspecified atom stereocenters. The molecule has 2 nitrogen and oxygen atoms in total. The molecule has 1 aromatic heterocycles. The molecule has 1 N–H and O–H groups in total. The molecule has 74 valence electrons. The first-order valence-electron chi connectivity index (χ1n) is 4.88. The molecule has 0 bridgehead atoms. The van der Waals surface area contributed by atoms with Crippen molar-refractivity contribution in [1.82, 2.24) is 5.32 Å². The van der Waals surface area contributed by atoms with Gasteiger partial charge < -0.3 is 9.73 Å². The van der Waals surface area contributed by atoms with E-state index in [9.17, 15) is 0 Å². The summed E-state index contributed by atoms with van der Waals surface area (Å²) in [5, 5.41) is 4.34. The number of aryl methyl sites for hydroxylation is 1. The molecular weight excluding hydrogens is 174 g/mol. The summed E-state index contributed by atoms with van der Waals surface area (Å²) in [7, 11) is 1.93. The first-order valence-corrected chi connectivity index (χ1v) is 4.88. The maximum atomic E-state index is 5.74. The second-order valence-electron chi connectivity index (χ2n) is 3.70. The van der Waals surface area contributed by atoms with Gasteiger partial charge in [-0.05, 0) is 38.6 Å². The molecule has 0 saturated heterocycles. The highest BCUT2D eigenvalue weighted by atomic mass is 16.3. The number of benzene rings is 1. The third kappa shape index (κ3) is 1.53. The van der Waals surface area contributed by atoms with Crippen LogP contribution < -0.4 is 5.32 Å². The van der Waals surface area contributed by atoms with Gasteiger partial charge in [-0.1, -0.05) is 12.1 Å². The average Bonchev–Trinajstić information content (AvgIpc) is 2.59. The number of nitrogens with one attached hydrogen (secondary N) is 1. The summed E-state index contributed by atoms with van der Waals surface area (Å²) in [5.41, 5.74) is 2.21. The lowest BCUT2D eigenvalue weighted by Gasteiger charge is -2.04. The van der Waals surface area contributed by atoms with Gasteiger partial charge in [0.2, 0.25) is 0 Å². The van der Waals surface area contributed by atoms with E-state index in [1.165, 1.54) is 10.9 Å². The van der Waals surface area contributed by atoms with E-state index in [-0.39, 0.29) is 6.04 Å². The van der Waals surface area contributed by atoms with Crippen LogP contribution >= 0.6 is 0 Å². The van der Waals surface area contributed by atoms with Gasteiger partial charge in [-0.3, -0.25) is 0 Å². The van der Waals surface area contributed by atoms with E-state index in [0.717, 1.165) is 11.3 Å². The van der Waals surface area contributed by atoms with Crippen molar-refractivity contribution in [3.63, 3.8) is 0 Å². The van der Waals surface area contributed by atoms with Crippen LogP contribution in [0.2, 0.25) is 0 Å². The van der Waals surface area contributed by atoms with E-state index >= 15 is 0 Å². The summed E-state index contributed by atoms with van der Waals surface area (Å²) >= 11 is 0. The first kappa shape index (κ1) is 9.28. The third-order valence-electron chi connectivity index (χ3n) is 2.55. The Morgan fingerprint density at radius 2 is 2.07 bits per heavy atom. The summed E-state index contributed by atoms with van der Waals surface area (Å²) in [6.07, 6.45) is 0. The van der Waals surface area contributed by atoms with Crippen LogP contribution in [-0.4, -0.2) is 7.05 Å². The third-order valence-corrected chi connectivity index (χ3v) is 2.55. The highest BCUT2D eigenvalue weighted by Gasteiger charge is 2.08. The van der Waals surface area contributed by atoms with Gasteiger partial charge >= 0.3 is 0 Å². The minimum absolute atomic E-state index is 0.266. The molecule has 1 atom stereocenters. The number of hydrogen-bond acceptors (Lipinski definition) is 2. The second kappa shape index (κ2) is 3.46. The van der Waals surface area contributed by atoms with Gasteiger partial charge in [-0.25, -0.2) is 0 Å². The van der Waals surface area contributed by atoms with Crippen LogP contribution in [0.4, 0.5) is 0 Å². The molecule has 0 amide bonds. The Kier molecular flexibility index (Phi) is 2.30. The fraction of sp³-hybridized carbons (Fsp3) is 0.333. The lowest BCUT2D eigenvalue weighted by atomic mass is 10.2. The quantitative estimate of drug-likeness (QED) is 0.785. The zero-order valence-electron chi connectivity index (χ0n) is 8.79. The van der Waals surface area contributed by atoms with Crippen molar-refractivity contribution in [3.8, 4) is 0 Å². The van der Waals surface area contributed by atoms with Crippen molar-refractivity contribution in [2.45, 2.75) is 19.9 Å². The van der Waals surface area contributed by atoms with Crippen LogP contribution in [0.1, 0.15) is 24.3 Å². The van der Waals surface area contributed by atoms with E-state index < -0.39 is 0 Å². The normalized spacial score (nSPS) is 13.4. The SMILES string of the molecule is CNC(C)c1cc2ccc(C)cc2o1. The molecule has 0 aliphatic rings. The highest BCUT2D eigenvalue weighted by molar-refractivity contribution is 5.78. The second-order valence-corrected chi connectivity index (χ2v) is 3.70. The van der Waals surface area contributed by atoms with E-state index in [0.29, 0.717) is 0 Å². The number of hydrogen-bond donors (Lipinski definition) is 1. The summed E-state index contributed by atoms with van der Waals surface area (Å²) in [5.74, 6) is 0.994. The molecule has 2 aromatic rings. The Balaban J connectivity index is 2.51. The zero-order chi connectivity index (χ0) is 10.1. The van der Waals surface area contributed by atoms with Gasteiger partial charge in [-0.2, -0.15) is 0 Å². The summed E-state index contributed by atoms with van der Waals surface area (Å²) in [6.45, 7) is 4.16. The van der Waals surface area contributed by atoms with Crippen molar-refractivity contribution in [3.05, 3.63) is 35.6 Å². The fourth-order valence-electron chi connectivity index (χ4n) is 1.51. The Morgan fingerprint density at radius 1 is 1.29 bits per heavy atom. The zero-order valence-corrected chi connectivity index (χ0v) is 8.79. The Labute approximate surface area is 83.9 Å². The number of fused-ring (bicyclic) bond motifs is 1. The number of furan rings is 1. The molecule has 2 heteroatoms. The maximum Gasteiger partial charge on any atom is 0.134 e. The van der Waals surface area contributed by atoms with Crippen LogP contribution in [0.3, 0.4) is 0 Å². The molecule has 2 rings (SSSR count). The van der Waals surface area contributed by atoms with Gasteiger partial charge in [0.15, 0.2) is 0 Å². The van der Waals surface area contributed by atoms with E-state index in [1.54, 1.807) is 0 Å². The summed E-state index contributed by atoms with van der Waals surface area (Å²) < 4.78 is 5.74. The number of rotatable bonds is 2. The molecule has 0 fully saturated rings. The lowest BCUT2D eigenvalue weighted by Crippen LogP contribution is -2.10. The average molecular weight is 189 g/mol. The van der Waals surface area contributed by atoms with Gasteiger partial charge in [-0.15, -0.1) is 0 Å². The fourth-order valence-corrected chi connectivity index (χ4v) is 1.51. The van der Waals surface area contributed by atoms with Crippen molar-refractivity contribution in [1.29, 1.82) is 0 Å². The van der Waals surface area contributed by atoms with Crippen LogP contribution in [0, 0.1) is 6.92 Å².